The summed E-state index contributed by atoms with van der Waals surface area (Å²) in [5, 5.41) is 12.6. The molecule has 0 fully saturated rings. The summed E-state index contributed by atoms with van der Waals surface area (Å²) in [6.07, 6.45) is 4.62. The summed E-state index contributed by atoms with van der Waals surface area (Å²) < 4.78 is 16.3. The van der Waals surface area contributed by atoms with Gasteiger partial charge in [0.15, 0.2) is 11.5 Å². The van der Waals surface area contributed by atoms with Crippen LogP contribution in [0.15, 0.2) is 23.8 Å². The number of unbranched alkanes of at least 4 members (excludes halogenated alkanes) is 2. The highest BCUT2D eigenvalue weighted by molar-refractivity contribution is 7.16. The monoisotopic (exact) mass is 470 g/mol. The SMILES string of the molecule is CCCCCOc1ccc(C=C(C#N)C(=O)Nc2sc(C)c(C)c2C(=O)OCC)cc1OC. The lowest BCUT2D eigenvalue weighted by molar-refractivity contribution is -0.112. The molecule has 1 heterocycles. The van der Waals surface area contributed by atoms with E-state index in [1.165, 1.54) is 24.5 Å². The molecule has 0 unspecified atom stereocenters. The Morgan fingerprint density at radius 2 is 1.94 bits per heavy atom. The van der Waals surface area contributed by atoms with Gasteiger partial charge in [-0.2, -0.15) is 5.26 Å². The molecule has 7 nitrogen and oxygen atoms in total. The highest BCUT2D eigenvalue weighted by Gasteiger charge is 2.23. The molecular weight excluding hydrogens is 440 g/mol. The van der Waals surface area contributed by atoms with Gasteiger partial charge in [-0.25, -0.2) is 4.79 Å². The Kier molecular flexibility index (Phi) is 9.95. The average Bonchev–Trinajstić information content (AvgIpc) is 3.08. The molecule has 1 aromatic heterocycles. The Morgan fingerprint density at radius 3 is 2.58 bits per heavy atom. The molecule has 0 spiro atoms. The number of anilines is 1. The smallest absolute Gasteiger partial charge is 0.341 e. The van der Waals surface area contributed by atoms with Gasteiger partial charge in [-0.1, -0.05) is 25.8 Å². The van der Waals surface area contributed by atoms with Crippen molar-refractivity contribution in [3.05, 3.63) is 45.3 Å². The van der Waals surface area contributed by atoms with Gasteiger partial charge in [0.25, 0.3) is 5.91 Å². The maximum Gasteiger partial charge on any atom is 0.341 e. The predicted octanol–water partition coefficient (Wildman–Crippen LogP) is 5.66. The van der Waals surface area contributed by atoms with Crippen LogP contribution in [0.3, 0.4) is 0 Å². The van der Waals surface area contributed by atoms with Crippen LogP contribution in [-0.4, -0.2) is 32.2 Å². The van der Waals surface area contributed by atoms with Gasteiger partial charge in [-0.15, -0.1) is 11.3 Å². The minimum Gasteiger partial charge on any atom is -0.493 e. The van der Waals surface area contributed by atoms with E-state index < -0.39 is 11.9 Å². The number of amides is 1. The number of methoxy groups -OCH3 is 1. The van der Waals surface area contributed by atoms with Crippen molar-refractivity contribution >= 4 is 34.3 Å². The summed E-state index contributed by atoms with van der Waals surface area (Å²) in [5.41, 5.74) is 1.57. The molecular formula is C25H30N2O5S. The number of nitrogens with zero attached hydrogens (tertiary/aromatic N) is 1. The molecule has 33 heavy (non-hydrogen) atoms. The first-order valence-electron chi connectivity index (χ1n) is 10.9. The Morgan fingerprint density at radius 1 is 1.18 bits per heavy atom. The number of carbonyl (C=O) groups is 2. The Hall–Kier alpha value is -3.31. The first kappa shape index (κ1) is 25.9. The highest BCUT2D eigenvalue weighted by Crippen LogP contribution is 2.34. The molecule has 1 amide bonds. The van der Waals surface area contributed by atoms with E-state index in [9.17, 15) is 14.9 Å². The van der Waals surface area contributed by atoms with E-state index in [0.29, 0.717) is 34.2 Å². The summed E-state index contributed by atoms with van der Waals surface area (Å²) in [4.78, 5) is 26.1. The molecule has 176 valence electrons. The first-order chi connectivity index (χ1) is 15.9. The standard InChI is InChI=1S/C25H30N2O5S/c1-6-8-9-12-32-20-11-10-18(14-21(20)30-5)13-19(15-26)23(28)27-24-22(25(29)31-7-2)16(3)17(4)33-24/h10-11,13-14H,6-9,12H2,1-5H3,(H,27,28). The number of carbonyl (C=O) groups excluding carboxylic acids is 2. The van der Waals surface area contributed by atoms with Crippen molar-refractivity contribution in [2.45, 2.75) is 47.0 Å². The Balaban J connectivity index is 2.24. The maximum atomic E-state index is 12.8. The van der Waals surface area contributed by atoms with E-state index in [-0.39, 0.29) is 12.2 Å². The summed E-state index contributed by atoms with van der Waals surface area (Å²) in [7, 11) is 1.54. The van der Waals surface area contributed by atoms with E-state index in [0.717, 1.165) is 29.7 Å². The zero-order valence-corrected chi connectivity index (χ0v) is 20.6. The van der Waals surface area contributed by atoms with Crippen molar-refractivity contribution in [1.82, 2.24) is 0 Å². The van der Waals surface area contributed by atoms with E-state index in [1.54, 1.807) is 32.0 Å². The molecule has 0 aliphatic rings. The van der Waals surface area contributed by atoms with Crippen molar-refractivity contribution < 1.29 is 23.8 Å². The van der Waals surface area contributed by atoms with Crippen LogP contribution in [0.5, 0.6) is 11.5 Å². The van der Waals surface area contributed by atoms with Gasteiger partial charge in [0.2, 0.25) is 0 Å². The molecule has 0 radical (unpaired) electrons. The van der Waals surface area contributed by atoms with Gasteiger partial charge in [0, 0.05) is 4.88 Å². The minimum atomic E-state index is -0.608. The van der Waals surface area contributed by atoms with E-state index in [4.69, 9.17) is 14.2 Å². The summed E-state index contributed by atoms with van der Waals surface area (Å²) >= 11 is 1.27. The molecule has 0 aliphatic heterocycles. The number of nitriles is 1. The Bertz CT molecular complexity index is 1070. The van der Waals surface area contributed by atoms with Crippen molar-refractivity contribution in [2.24, 2.45) is 0 Å². The number of rotatable bonds is 11. The second-order valence-electron chi connectivity index (χ2n) is 7.30. The number of ether oxygens (including phenoxy) is 3. The van der Waals surface area contributed by atoms with Gasteiger partial charge >= 0.3 is 5.97 Å². The number of hydrogen-bond donors (Lipinski definition) is 1. The molecule has 0 aliphatic carbocycles. The minimum absolute atomic E-state index is 0.104. The lowest BCUT2D eigenvalue weighted by atomic mass is 10.1. The zero-order valence-electron chi connectivity index (χ0n) is 19.7. The van der Waals surface area contributed by atoms with E-state index >= 15 is 0 Å². The number of benzene rings is 1. The second-order valence-corrected chi connectivity index (χ2v) is 8.52. The average molecular weight is 471 g/mol. The molecule has 0 saturated heterocycles. The number of esters is 1. The van der Waals surface area contributed by atoms with E-state index in [1.807, 2.05) is 13.0 Å². The lowest BCUT2D eigenvalue weighted by Crippen LogP contribution is -2.16. The summed E-state index contributed by atoms with van der Waals surface area (Å²) in [6.45, 7) is 8.32. The molecule has 2 aromatic rings. The molecule has 1 N–H and O–H groups in total. The number of nitrogens with one attached hydrogen (secondary N) is 1. The third-order valence-electron chi connectivity index (χ3n) is 4.96. The number of hydrogen-bond acceptors (Lipinski definition) is 7. The zero-order chi connectivity index (χ0) is 24.4. The number of aryl methyl sites for hydroxylation is 1. The fourth-order valence-corrected chi connectivity index (χ4v) is 4.12. The van der Waals surface area contributed by atoms with Crippen LogP contribution in [0.1, 0.15) is 59.5 Å². The molecule has 0 bridgehead atoms. The summed E-state index contributed by atoms with van der Waals surface area (Å²) in [5.74, 6) is 0.0175. The van der Waals surface area contributed by atoms with Gasteiger partial charge in [-0.3, -0.25) is 4.79 Å². The van der Waals surface area contributed by atoms with Crippen LogP contribution >= 0.6 is 11.3 Å². The Labute approximate surface area is 199 Å². The van der Waals surface area contributed by atoms with Crippen LogP contribution in [0, 0.1) is 25.2 Å². The fraction of sp³-hybridized carbons (Fsp3) is 0.400. The molecule has 0 saturated carbocycles. The largest absolute Gasteiger partial charge is 0.493 e. The van der Waals surface area contributed by atoms with Crippen LogP contribution in [0.4, 0.5) is 5.00 Å². The van der Waals surface area contributed by atoms with Gasteiger partial charge < -0.3 is 19.5 Å². The first-order valence-corrected chi connectivity index (χ1v) is 11.7. The van der Waals surface area contributed by atoms with Gasteiger partial charge in [0.1, 0.15) is 16.6 Å². The summed E-state index contributed by atoms with van der Waals surface area (Å²) in [6, 6.07) is 7.16. The third-order valence-corrected chi connectivity index (χ3v) is 6.08. The normalized spacial score (nSPS) is 11.0. The topological polar surface area (TPSA) is 97.7 Å². The molecule has 2 rings (SSSR count). The van der Waals surface area contributed by atoms with Crippen LogP contribution < -0.4 is 14.8 Å². The molecule has 0 atom stereocenters. The lowest BCUT2D eigenvalue weighted by Gasteiger charge is -2.11. The van der Waals surface area contributed by atoms with Gasteiger partial charge in [0.05, 0.1) is 25.9 Å². The molecule has 8 heteroatoms. The third kappa shape index (κ3) is 6.83. The van der Waals surface area contributed by atoms with Crippen molar-refractivity contribution in [2.75, 3.05) is 25.6 Å². The fourth-order valence-electron chi connectivity index (χ4n) is 3.08. The predicted molar refractivity (Wildman–Crippen MR) is 130 cm³/mol. The molecule has 1 aromatic carbocycles. The van der Waals surface area contributed by atoms with Crippen molar-refractivity contribution in [3.8, 4) is 17.6 Å². The van der Waals surface area contributed by atoms with Crippen molar-refractivity contribution in [3.63, 3.8) is 0 Å². The highest BCUT2D eigenvalue weighted by atomic mass is 32.1. The van der Waals surface area contributed by atoms with Crippen LogP contribution in [-0.2, 0) is 9.53 Å². The second kappa shape index (κ2) is 12.7. The van der Waals surface area contributed by atoms with Crippen LogP contribution in [0.2, 0.25) is 0 Å². The quantitative estimate of drug-likeness (QED) is 0.197. The van der Waals surface area contributed by atoms with E-state index in [2.05, 4.69) is 12.2 Å². The van der Waals surface area contributed by atoms with Gasteiger partial charge in [-0.05, 0) is 56.5 Å². The maximum absolute atomic E-state index is 12.8. The van der Waals surface area contributed by atoms with Crippen LogP contribution in [0.25, 0.3) is 6.08 Å². The van der Waals surface area contributed by atoms with Crippen molar-refractivity contribution in [1.29, 1.82) is 5.26 Å². The number of thiophene rings is 1.